The van der Waals surface area contributed by atoms with Gasteiger partial charge in [-0.2, -0.15) is 13.2 Å². The Bertz CT molecular complexity index is 1580. The van der Waals surface area contributed by atoms with Crippen LogP contribution in [0.5, 0.6) is 11.6 Å². The number of hydrogen-bond donors (Lipinski definition) is 3. The minimum Gasteiger partial charge on any atom is -0.437 e. The number of benzene rings is 2. The van der Waals surface area contributed by atoms with Crippen LogP contribution in [0.15, 0.2) is 54.2 Å². The molecule has 0 amide bonds. The molecule has 0 unspecified atom stereocenters. The van der Waals surface area contributed by atoms with Gasteiger partial charge >= 0.3 is 6.18 Å². The predicted molar refractivity (Wildman–Crippen MR) is 152 cm³/mol. The zero-order valence-corrected chi connectivity index (χ0v) is 23.3. The second-order valence-electron chi connectivity index (χ2n) is 9.24. The highest BCUT2D eigenvalue weighted by Crippen LogP contribution is 2.39. The molecule has 2 aromatic carbocycles. The van der Waals surface area contributed by atoms with Gasteiger partial charge in [0, 0.05) is 29.1 Å². The highest BCUT2D eigenvalue weighted by molar-refractivity contribution is 7.92. The van der Waals surface area contributed by atoms with Gasteiger partial charge in [0.25, 0.3) is 0 Å². The molecule has 9 nitrogen and oxygen atoms in total. The molecule has 2 aromatic heterocycles. The van der Waals surface area contributed by atoms with E-state index in [4.69, 9.17) is 10.5 Å². The molecule has 40 heavy (non-hydrogen) atoms. The Kier molecular flexibility index (Phi) is 9.02. The summed E-state index contributed by atoms with van der Waals surface area (Å²) in [5.41, 5.74) is 8.24. The number of nitrogens with zero attached hydrogens (tertiary/aromatic N) is 3. The van der Waals surface area contributed by atoms with Gasteiger partial charge in [0.05, 0.1) is 16.9 Å². The number of nitrogens with two attached hydrogens (primary N) is 1. The molecule has 0 saturated heterocycles. The summed E-state index contributed by atoms with van der Waals surface area (Å²) in [6, 6.07) is 11.7. The van der Waals surface area contributed by atoms with Crippen LogP contribution in [-0.4, -0.2) is 47.4 Å². The first-order valence-electron chi connectivity index (χ1n) is 12.1. The van der Waals surface area contributed by atoms with E-state index in [1.165, 1.54) is 23.5 Å². The standard InChI is InChI=1S/C25H25F3N6O3S2.ClH/c26-25(27,28)13-39(35,36)34-19-9-10-21(18-4-2-1-3-17(18)19)37-23-22(38-14-31-23)20-11-12-30-24(33-20)32-16-7-5-15(29)6-8-16;/h1-4,9-12,14-16,34H,5-8,13,29H2,(H,30,32,33);1H. The number of halogens is 4. The largest absolute Gasteiger partial charge is 0.437 e. The van der Waals surface area contributed by atoms with Crippen molar-refractivity contribution in [3.8, 4) is 22.2 Å². The zero-order valence-electron chi connectivity index (χ0n) is 20.9. The van der Waals surface area contributed by atoms with Crippen LogP contribution in [0.2, 0.25) is 0 Å². The van der Waals surface area contributed by atoms with Gasteiger partial charge in [-0.05, 0) is 43.9 Å². The minimum absolute atomic E-state index is 0. The van der Waals surface area contributed by atoms with Crippen molar-refractivity contribution in [1.29, 1.82) is 0 Å². The monoisotopic (exact) mass is 614 g/mol. The SMILES string of the molecule is Cl.NC1CCC(Nc2nccc(-c3scnc3Oc3ccc(NS(=O)(=O)CC(F)(F)F)c4ccccc34)n2)CC1. The highest BCUT2D eigenvalue weighted by Gasteiger charge is 2.35. The van der Waals surface area contributed by atoms with Crippen LogP contribution in [0, 0.1) is 0 Å². The maximum atomic E-state index is 12.7. The van der Waals surface area contributed by atoms with Crippen LogP contribution in [0.1, 0.15) is 25.7 Å². The van der Waals surface area contributed by atoms with Crippen molar-refractivity contribution < 1.29 is 26.3 Å². The van der Waals surface area contributed by atoms with E-state index in [2.05, 4.69) is 20.3 Å². The van der Waals surface area contributed by atoms with Gasteiger partial charge in [-0.15, -0.1) is 23.7 Å². The summed E-state index contributed by atoms with van der Waals surface area (Å²) in [5.74, 6) is -0.863. The Morgan fingerprint density at radius 2 is 1.75 bits per heavy atom. The molecule has 0 bridgehead atoms. The fourth-order valence-electron chi connectivity index (χ4n) is 4.45. The second kappa shape index (κ2) is 12.1. The lowest BCUT2D eigenvalue weighted by Gasteiger charge is -2.26. The third-order valence-electron chi connectivity index (χ3n) is 6.24. The van der Waals surface area contributed by atoms with Crippen LogP contribution in [0.25, 0.3) is 21.3 Å². The molecular formula is C25H26ClF3N6O3S2. The Morgan fingerprint density at radius 3 is 2.48 bits per heavy atom. The first kappa shape index (κ1) is 29.8. The number of sulfonamides is 1. The topological polar surface area (TPSA) is 132 Å². The van der Waals surface area contributed by atoms with Crippen LogP contribution in [-0.2, 0) is 10.0 Å². The Balaban J connectivity index is 0.00000370. The summed E-state index contributed by atoms with van der Waals surface area (Å²) < 4.78 is 70.5. The molecule has 1 saturated carbocycles. The molecule has 1 aliphatic carbocycles. The van der Waals surface area contributed by atoms with Crippen molar-refractivity contribution in [2.75, 3.05) is 15.8 Å². The number of aromatic nitrogens is 3. The van der Waals surface area contributed by atoms with E-state index in [0.717, 1.165) is 25.7 Å². The normalized spacial score (nSPS) is 17.7. The summed E-state index contributed by atoms with van der Waals surface area (Å²) in [6.45, 7) is 0. The number of thiazole rings is 1. The number of rotatable bonds is 8. The lowest BCUT2D eigenvalue weighted by Crippen LogP contribution is -2.33. The maximum Gasteiger partial charge on any atom is 0.404 e. The van der Waals surface area contributed by atoms with Crippen molar-refractivity contribution in [3.63, 3.8) is 0 Å². The van der Waals surface area contributed by atoms with Gasteiger partial charge in [-0.3, -0.25) is 4.72 Å². The summed E-state index contributed by atoms with van der Waals surface area (Å²) in [7, 11) is -4.66. The van der Waals surface area contributed by atoms with Crippen LogP contribution in [0.4, 0.5) is 24.8 Å². The molecule has 0 atom stereocenters. The summed E-state index contributed by atoms with van der Waals surface area (Å²) >= 11 is 1.33. The van der Waals surface area contributed by atoms with E-state index in [0.29, 0.717) is 33.0 Å². The molecular weight excluding hydrogens is 589 g/mol. The van der Waals surface area contributed by atoms with Crippen molar-refractivity contribution >= 4 is 56.2 Å². The average molecular weight is 615 g/mol. The Labute approximate surface area is 238 Å². The number of nitrogens with one attached hydrogen (secondary N) is 2. The van der Waals surface area contributed by atoms with Crippen molar-refractivity contribution in [1.82, 2.24) is 15.0 Å². The molecule has 5 rings (SSSR count). The molecule has 4 aromatic rings. The summed E-state index contributed by atoms with van der Waals surface area (Å²) in [5, 5.41) is 4.24. The average Bonchev–Trinajstić information content (AvgIpc) is 3.34. The fraction of sp³-hybridized carbons (Fsp3) is 0.320. The van der Waals surface area contributed by atoms with Crippen LogP contribution >= 0.6 is 23.7 Å². The molecule has 15 heteroatoms. The first-order valence-corrected chi connectivity index (χ1v) is 14.7. The molecule has 0 spiro atoms. The van der Waals surface area contributed by atoms with Crippen LogP contribution in [0.3, 0.4) is 0 Å². The Hall–Kier alpha value is -3.20. The van der Waals surface area contributed by atoms with Gasteiger partial charge in [0.15, 0.2) is 5.75 Å². The van der Waals surface area contributed by atoms with Crippen molar-refractivity contribution in [2.45, 2.75) is 43.9 Å². The van der Waals surface area contributed by atoms with E-state index in [1.54, 1.807) is 42.0 Å². The van der Waals surface area contributed by atoms with Gasteiger partial charge < -0.3 is 15.8 Å². The van der Waals surface area contributed by atoms with Gasteiger partial charge in [0.1, 0.15) is 10.6 Å². The smallest absolute Gasteiger partial charge is 0.404 e. The minimum atomic E-state index is -4.87. The Morgan fingerprint density at radius 1 is 1.02 bits per heavy atom. The fourth-order valence-corrected chi connectivity index (χ4v) is 6.15. The van der Waals surface area contributed by atoms with Gasteiger partial charge in [-0.1, -0.05) is 24.3 Å². The molecule has 0 aliphatic heterocycles. The molecule has 214 valence electrons. The first-order chi connectivity index (χ1) is 18.6. The second-order valence-corrected chi connectivity index (χ2v) is 11.8. The third-order valence-corrected chi connectivity index (χ3v) is 8.31. The van der Waals surface area contributed by atoms with E-state index < -0.39 is 22.0 Å². The summed E-state index contributed by atoms with van der Waals surface area (Å²) in [4.78, 5) is 14.0. The third kappa shape index (κ3) is 7.30. The van der Waals surface area contributed by atoms with E-state index >= 15 is 0 Å². The lowest BCUT2D eigenvalue weighted by molar-refractivity contribution is -0.106. The van der Waals surface area contributed by atoms with Crippen molar-refractivity contribution in [3.05, 3.63) is 54.2 Å². The highest BCUT2D eigenvalue weighted by atomic mass is 35.5. The van der Waals surface area contributed by atoms with E-state index in [-0.39, 0.29) is 36.1 Å². The molecule has 1 aliphatic rings. The van der Waals surface area contributed by atoms with E-state index in [9.17, 15) is 21.6 Å². The lowest BCUT2D eigenvalue weighted by atomic mass is 9.92. The number of ether oxygens (including phenoxy) is 1. The van der Waals surface area contributed by atoms with Crippen LogP contribution < -0.4 is 20.5 Å². The predicted octanol–water partition coefficient (Wildman–Crippen LogP) is 5.95. The molecule has 1 fully saturated rings. The molecule has 2 heterocycles. The number of hydrogen-bond acceptors (Lipinski definition) is 9. The van der Waals surface area contributed by atoms with E-state index in [1.807, 2.05) is 4.72 Å². The zero-order chi connectivity index (χ0) is 27.6. The maximum absolute atomic E-state index is 12.7. The van der Waals surface area contributed by atoms with Gasteiger partial charge in [0.2, 0.25) is 21.9 Å². The number of fused-ring (bicyclic) bond motifs is 1. The number of anilines is 2. The number of alkyl halides is 3. The van der Waals surface area contributed by atoms with Crippen molar-refractivity contribution in [2.24, 2.45) is 5.73 Å². The molecule has 4 N–H and O–H groups in total. The molecule has 0 radical (unpaired) electrons. The summed E-state index contributed by atoms with van der Waals surface area (Å²) in [6.07, 6.45) is 0.561. The quantitative estimate of drug-likeness (QED) is 0.222. The van der Waals surface area contributed by atoms with Gasteiger partial charge in [-0.25, -0.2) is 23.4 Å².